The van der Waals surface area contributed by atoms with Crippen LogP contribution in [-0.4, -0.2) is 17.5 Å². The van der Waals surface area contributed by atoms with E-state index in [2.05, 4.69) is 4.72 Å². The van der Waals surface area contributed by atoms with Crippen molar-refractivity contribution in [3.8, 4) is 0 Å². The van der Waals surface area contributed by atoms with Crippen molar-refractivity contribution in [2.24, 2.45) is 5.73 Å². The second-order valence-electron chi connectivity index (χ2n) is 4.07. The third kappa shape index (κ3) is 2.23. The van der Waals surface area contributed by atoms with E-state index in [1.165, 1.54) is 18.2 Å². The zero-order valence-electron chi connectivity index (χ0n) is 10.7. The summed E-state index contributed by atoms with van der Waals surface area (Å²) in [6.07, 6.45) is 0. The number of ether oxygens (including phenoxy) is 1. The molecule has 0 saturated heterocycles. The molecule has 0 spiro atoms. The summed E-state index contributed by atoms with van der Waals surface area (Å²) in [6.45, 7) is 1.87. The summed E-state index contributed by atoms with van der Waals surface area (Å²) < 4.78 is 7.94. The maximum absolute atomic E-state index is 12.3. The van der Waals surface area contributed by atoms with Gasteiger partial charge in [0.25, 0.3) is 5.69 Å². The summed E-state index contributed by atoms with van der Waals surface area (Å²) >= 11 is 1.14. The monoisotopic (exact) mass is 295 g/mol. The zero-order chi connectivity index (χ0) is 14.8. The van der Waals surface area contributed by atoms with Crippen LogP contribution in [-0.2, 0) is 15.1 Å². The van der Waals surface area contributed by atoms with Crippen molar-refractivity contribution in [1.82, 2.24) is 4.72 Å². The van der Waals surface area contributed by atoms with Gasteiger partial charge in [-0.25, -0.2) is 9.52 Å². The standard InChI is InChI=1S/C12H13N3O4S/c1-2-19-11(16)12(10(13)7-20-14-12)8-4-3-5-9(6-8)15(17)18/h3-7,14H,2,13H2,1H3. The normalized spacial score (nSPS) is 21.4. The largest absolute Gasteiger partial charge is 0.464 e. The van der Waals surface area contributed by atoms with Gasteiger partial charge in [0, 0.05) is 17.5 Å². The molecule has 1 unspecified atom stereocenters. The molecule has 1 heterocycles. The zero-order valence-corrected chi connectivity index (χ0v) is 11.5. The lowest BCUT2D eigenvalue weighted by Gasteiger charge is -2.28. The molecule has 0 bridgehead atoms. The fraction of sp³-hybridized carbons (Fsp3) is 0.250. The number of nitrogens with zero attached hydrogens (tertiary/aromatic N) is 1. The van der Waals surface area contributed by atoms with Gasteiger partial charge in [0.05, 0.1) is 17.2 Å². The number of benzene rings is 1. The van der Waals surface area contributed by atoms with Crippen LogP contribution in [0, 0.1) is 10.1 Å². The Bertz CT molecular complexity index is 590. The van der Waals surface area contributed by atoms with Crippen LogP contribution < -0.4 is 10.5 Å². The lowest BCUT2D eigenvalue weighted by Crippen LogP contribution is -2.48. The lowest BCUT2D eigenvalue weighted by molar-refractivity contribution is -0.384. The smallest absolute Gasteiger partial charge is 0.338 e. The number of nitrogens with one attached hydrogen (secondary N) is 1. The third-order valence-electron chi connectivity index (χ3n) is 2.90. The molecule has 3 N–H and O–H groups in total. The minimum atomic E-state index is -1.38. The van der Waals surface area contributed by atoms with Crippen LogP contribution in [0.3, 0.4) is 0 Å². The molecule has 0 radical (unpaired) electrons. The highest BCUT2D eigenvalue weighted by molar-refractivity contribution is 8.00. The van der Waals surface area contributed by atoms with Crippen molar-refractivity contribution in [2.45, 2.75) is 12.5 Å². The van der Waals surface area contributed by atoms with Crippen molar-refractivity contribution < 1.29 is 14.5 Å². The first-order chi connectivity index (χ1) is 9.52. The minimum absolute atomic E-state index is 0.113. The van der Waals surface area contributed by atoms with Gasteiger partial charge in [-0.3, -0.25) is 10.1 Å². The van der Waals surface area contributed by atoms with Crippen LogP contribution in [0.4, 0.5) is 5.69 Å². The molecule has 8 heteroatoms. The molecule has 0 aromatic heterocycles. The van der Waals surface area contributed by atoms with E-state index in [0.29, 0.717) is 5.56 Å². The summed E-state index contributed by atoms with van der Waals surface area (Å²) in [6, 6.07) is 5.77. The minimum Gasteiger partial charge on any atom is -0.464 e. The number of non-ortho nitro benzene ring substituents is 1. The maximum Gasteiger partial charge on any atom is 0.338 e. The van der Waals surface area contributed by atoms with E-state index >= 15 is 0 Å². The van der Waals surface area contributed by atoms with Gasteiger partial charge >= 0.3 is 5.97 Å². The Balaban J connectivity index is 2.53. The Hall–Kier alpha value is -2.06. The van der Waals surface area contributed by atoms with Crippen molar-refractivity contribution in [3.63, 3.8) is 0 Å². The maximum atomic E-state index is 12.3. The topological polar surface area (TPSA) is 107 Å². The van der Waals surface area contributed by atoms with Gasteiger partial charge in [-0.1, -0.05) is 12.1 Å². The van der Waals surface area contributed by atoms with E-state index in [-0.39, 0.29) is 18.0 Å². The summed E-state index contributed by atoms with van der Waals surface area (Å²) in [5.74, 6) is -0.584. The van der Waals surface area contributed by atoms with E-state index < -0.39 is 16.4 Å². The van der Waals surface area contributed by atoms with E-state index in [1.807, 2.05) is 0 Å². The third-order valence-corrected chi connectivity index (χ3v) is 3.70. The van der Waals surface area contributed by atoms with E-state index in [9.17, 15) is 14.9 Å². The molecule has 0 saturated carbocycles. The number of carbonyl (C=O) groups excluding carboxylic acids is 1. The molecule has 1 aromatic carbocycles. The molecule has 7 nitrogen and oxygen atoms in total. The molecule has 0 amide bonds. The second kappa shape index (κ2) is 5.51. The number of carbonyl (C=O) groups is 1. The summed E-state index contributed by atoms with van der Waals surface area (Å²) in [7, 11) is 0. The van der Waals surface area contributed by atoms with Crippen molar-refractivity contribution >= 4 is 23.6 Å². The number of hydrogen-bond acceptors (Lipinski definition) is 7. The van der Waals surface area contributed by atoms with Crippen LogP contribution in [0.15, 0.2) is 35.4 Å². The Morgan fingerprint density at radius 3 is 2.90 bits per heavy atom. The number of nitro groups is 1. The SMILES string of the molecule is CCOC(=O)C1(c2cccc([N+](=O)[O-])c2)NSC=C1N. The predicted octanol–water partition coefficient (Wildman–Crippen LogP) is 1.40. The van der Waals surface area contributed by atoms with Gasteiger partial charge in [-0.15, -0.1) is 0 Å². The molecule has 0 aliphatic carbocycles. The fourth-order valence-corrected chi connectivity index (χ4v) is 2.78. The van der Waals surface area contributed by atoms with Crippen molar-refractivity contribution in [1.29, 1.82) is 0 Å². The molecule has 1 aliphatic rings. The molecule has 1 aromatic rings. The second-order valence-corrected chi connectivity index (χ2v) is 4.75. The highest BCUT2D eigenvalue weighted by atomic mass is 32.2. The van der Waals surface area contributed by atoms with Crippen molar-refractivity contribution in [2.75, 3.05) is 6.61 Å². The number of nitro benzene ring substituents is 1. The number of nitrogens with two attached hydrogens (primary N) is 1. The molecule has 0 fully saturated rings. The van der Waals surface area contributed by atoms with E-state index in [0.717, 1.165) is 11.9 Å². The molecule has 1 atom stereocenters. The van der Waals surface area contributed by atoms with E-state index in [1.54, 1.807) is 18.4 Å². The highest BCUT2D eigenvalue weighted by Gasteiger charge is 2.47. The van der Waals surface area contributed by atoms with Crippen LogP contribution in [0.2, 0.25) is 0 Å². The van der Waals surface area contributed by atoms with Crippen LogP contribution in [0.5, 0.6) is 0 Å². The summed E-state index contributed by atoms with van der Waals surface area (Å²) in [5.41, 5.74) is 5.04. The first-order valence-electron chi connectivity index (χ1n) is 5.83. The Morgan fingerprint density at radius 1 is 1.60 bits per heavy atom. The highest BCUT2D eigenvalue weighted by Crippen LogP contribution is 2.37. The van der Waals surface area contributed by atoms with Crippen LogP contribution >= 0.6 is 11.9 Å². The van der Waals surface area contributed by atoms with Gasteiger partial charge in [0.2, 0.25) is 0 Å². The Morgan fingerprint density at radius 2 is 2.35 bits per heavy atom. The van der Waals surface area contributed by atoms with Gasteiger partial charge in [-0.05, 0) is 24.4 Å². The van der Waals surface area contributed by atoms with Crippen molar-refractivity contribution in [3.05, 3.63) is 51.0 Å². The molecule has 1 aliphatic heterocycles. The first kappa shape index (κ1) is 14.4. The number of hydrogen-bond donors (Lipinski definition) is 2. The van der Waals surface area contributed by atoms with Gasteiger partial charge < -0.3 is 10.5 Å². The Labute approximate surface area is 119 Å². The fourth-order valence-electron chi connectivity index (χ4n) is 1.92. The average Bonchev–Trinajstić information content (AvgIpc) is 2.82. The summed E-state index contributed by atoms with van der Waals surface area (Å²) in [5, 5.41) is 12.4. The van der Waals surface area contributed by atoms with Gasteiger partial charge in [-0.2, -0.15) is 0 Å². The number of rotatable bonds is 4. The summed E-state index contributed by atoms with van der Waals surface area (Å²) in [4.78, 5) is 22.6. The van der Waals surface area contributed by atoms with Gasteiger partial charge in [0.1, 0.15) is 0 Å². The quantitative estimate of drug-likeness (QED) is 0.374. The molecule has 2 rings (SSSR count). The van der Waals surface area contributed by atoms with Crippen LogP contribution in [0.25, 0.3) is 0 Å². The Kier molecular flexibility index (Phi) is 3.96. The molecule has 106 valence electrons. The molecule has 20 heavy (non-hydrogen) atoms. The average molecular weight is 295 g/mol. The van der Waals surface area contributed by atoms with Crippen LogP contribution in [0.1, 0.15) is 12.5 Å². The molecular formula is C12H13N3O4S. The number of esters is 1. The molecular weight excluding hydrogens is 282 g/mol. The predicted molar refractivity (Wildman–Crippen MR) is 74.4 cm³/mol. The van der Waals surface area contributed by atoms with Gasteiger partial charge in [0.15, 0.2) is 5.54 Å². The van der Waals surface area contributed by atoms with E-state index in [4.69, 9.17) is 10.5 Å². The first-order valence-corrected chi connectivity index (χ1v) is 6.71. The lowest BCUT2D eigenvalue weighted by atomic mass is 9.88.